The molecule has 6 heteroatoms. The van der Waals surface area contributed by atoms with E-state index in [1.165, 1.54) is 13.3 Å². The lowest BCUT2D eigenvalue weighted by molar-refractivity contribution is -0.119. The minimum atomic E-state index is -0.529. The highest BCUT2D eigenvalue weighted by Crippen LogP contribution is 1.96. The van der Waals surface area contributed by atoms with Gasteiger partial charge in [-0.1, -0.05) is 0 Å². The molecule has 1 heterocycles. The molecule has 14 heavy (non-hydrogen) atoms. The highest BCUT2D eigenvalue weighted by atomic mass is 16.7. The fourth-order valence-corrected chi connectivity index (χ4v) is 0.820. The zero-order valence-corrected chi connectivity index (χ0v) is 7.99. The van der Waals surface area contributed by atoms with Crippen molar-refractivity contribution >= 4 is 0 Å². The molecule has 0 aliphatic rings. The second kappa shape index (κ2) is 4.73. The number of hydrogen-bond donors (Lipinski definition) is 2. The van der Waals surface area contributed by atoms with E-state index in [0.29, 0.717) is 5.56 Å². The molecule has 2 N–H and O–H groups in total. The lowest BCUT2D eigenvalue weighted by Gasteiger charge is -2.09. The number of H-pyrrole nitrogens is 2. The molecular formula is C8H12N2O4. The first-order valence-electron chi connectivity index (χ1n) is 4.08. The summed E-state index contributed by atoms with van der Waals surface area (Å²) in [6.07, 6.45) is 0.935. The SMILES string of the molecule is COC(C)OCc1c[nH]c(=O)[nH]c1=O. The maximum atomic E-state index is 11.1. The van der Waals surface area contributed by atoms with Crippen LogP contribution in [0.4, 0.5) is 0 Å². The van der Waals surface area contributed by atoms with Gasteiger partial charge < -0.3 is 14.5 Å². The molecule has 0 fully saturated rings. The van der Waals surface area contributed by atoms with E-state index in [1.54, 1.807) is 6.92 Å². The number of ether oxygens (including phenoxy) is 2. The van der Waals surface area contributed by atoms with Crippen molar-refractivity contribution in [2.24, 2.45) is 0 Å². The van der Waals surface area contributed by atoms with Crippen molar-refractivity contribution in [1.82, 2.24) is 9.97 Å². The number of aromatic amines is 2. The van der Waals surface area contributed by atoms with Gasteiger partial charge in [-0.25, -0.2) is 4.79 Å². The van der Waals surface area contributed by atoms with E-state index in [4.69, 9.17) is 9.47 Å². The molecule has 1 atom stereocenters. The van der Waals surface area contributed by atoms with E-state index in [0.717, 1.165) is 0 Å². The summed E-state index contributed by atoms with van der Waals surface area (Å²) in [5.74, 6) is 0. The fraction of sp³-hybridized carbons (Fsp3) is 0.500. The van der Waals surface area contributed by atoms with Crippen LogP contribution in [0.1, 0.15) is 12.5 Å². The first kappa shape index (κ1) is 10.7. The standard InChI is InChI=1S/C8H12N2O4/c1-5(13-2)14-4-6-3-9-8(12)10-7(6)11/h3,5H,4H2,1-2H3,(H2,9,10,11,12). The zero-order chi connectivity index (χ0) is 10.6. The highest BCUT2D eigenvalue weighted by Gasteiger charge is 2.03. The molecule has 1 rings (SSSR count). The quantitative estimate of drug-likeness (QED) is 0.646. The third kappa shape index (κ3) is 2.82. The van der Waals surface area contributed by atoms with Gasteiger partial charge in [0, 0.05) is 13.3 Å². The van der Waals surface area contributed by atoms with E-state index in [-0.39, 0.29) is 12.9 Å². The molecule has 0 saturated carbocycles. The van der Waals surface area contributed by atoms with E-state index < -0.39 is 11.2 Å². The number of aromatic nitrogens is 2. The molecule has 0 aliphatic carbocycles. The van der Waals surface area contributed by atoms with Crippen LogP contribution in [-0.4, -0.2) is 23.4 Å². The molecule has 0 saturated heterocycles. The van der Waals surface area contributed by atoms with Crippen LogP contribution in [0, 0.1) is 0 Å². The smallest absolute Gasteiger partial charge is 0.325 e. The van der Waals surface area contributed by atoms with Crippen molar-refractivity contribution < 1.29 is 9.47 Å². The molecular weight excluding hydrogens is 188 g/mol. The Kier molecular flexibility index (Phi) is 3.61. The van der Waals surface area contributed by atoms with E-state index >= 15 is 0 Å². The van der Waals surface area contributed by atoms with Crippen LogP contribution < -0.4 is 11.2 Å². The summed E-state index contributed by atoms with van der Waals surface area (Å²) < 4.78 is 9.96. The van der Waals surface area contributed by atoms with Crippen molar-refractivity contribution in [2.75, 3.05) is 7.11 Å². The Morgan fingerprint density at radius 3 is 2.79 bits per heavy atom. The predicted molar refractivity (Wildman–Crippen MR) is 48.9 cm³/mol. The molecule has 1 aromatic heterocycles. The average Bonchev–Trinajstić information content (AvgIpc) is 2.16. The molecule has 0 bridgehead atoms. The van der Waals surface area contributed by atoms with Crippen LogP contribution in [0.3, 0.4) is 0 Å². The van der Waals surface area contributed by atoms with Gasteiger partial charge in [0.05, 0.1) is 12.2 Å². The van der Waals surface area contributed by atoms with Gasteiger partial charge in [-0.2, -0.15) is 0 Å². The van der Waals surface area contributed by atoms with Gasteiger partial charge in [0.15, 0.2) is 6.29 Å². The van der Waals surface area contributed by atoms with Crippen molar-refractivity contribution in [3.63, 3.8) is 0 Å². The van der Waals surface area contributed by atoms with Crippen LogP contribution >= 0.6 is 0 Å². The Balaban J connectivity index is 2.68. The van der Waals surface area contributed by atoms with Crippen LogP contribution in [0.2, 0.25) is 0 Å². The van der Waals surface area contributed by atoms with Crippen molar-refractivity contribution in [3.8, 4) is 0 Å². The van der Waals surface area contributed by atoms with Gasteiger partial charge in [0.2, 0.25) is 0 Å². The van der Waals surface area contributed by atoms with Crippen molar-refractivity contribution in [2.45, 2.75) is 19.8 Å². The highest BCUT2D eigenvalue weighted by molar-refractivity contribution is 5.00. The molecule has 0 spiro atoms. The lowest BCUT2D eigenvalue weighted by Crippen LogP contribution is -2.25. The minimum Gasteiger partial charge on any atom is -0.356 e. The number of hydrogen-bond acceptors (Lipinski definition) is 4. The Morgan fingerprint density at radius 1 is 1.50 bits per heavy atom. The Hall–Kier alpha value is -1.40. The third-order valence-electron chi connectivity index (χ3n) is 1.70. The Labute approximate surface area is 79.9 Å². The first-order valence-corrected chi connectivity index (χ1v) is 4.08. The Bertz CT molecular complexity index is 395. The second-order valence-corrected chi connectivity index (χ2v) is 2.71. The predicted octanol–water partition coefficient (Wildman–Crippen LogP) is -0.428. The second-order valence-electron chi connectivity index (χ2n) is 2.71. The summed E-state index contributed by atoms with van der Waals surface area (Å²) >= 11 is 0. The zero-order valence-electron chi connectivity index (χ0n) is 7.99. The average molecular weight is 200 g/mol. The van der Waals surface area contributed by atoms with Crippen LogP contribution in [0.5, 0.6) is 0 Å². The largest absolute Gasteiger partial charge is 0.356 e. The molecule has 0 aromatic carbocycles. The van der Waals surface area contributed by atoms with Crippen LogP contribution in [0.15, 0.2) is 15.8 Å². The van der Waals surface area contributed by atoms with Gasteiger partial charge >= 0.3 is 5.69 Å². The van der Waals surface area contributed by atoms with E-state index in [2.05, 4.69) is 9.97 Å². The summed E-state index contributed by atoms with van der Waals surface area (Å²) in [7, 11) is 1.50. The van der Waals surface area contributed by atoms with E-state index in [1.807, 2.05) is 0 Å². The molecule has 0 radical (unpaired) electrons. The van der Waals surface area contributed by atoms with Gasteiger partial charge in [0.25, 0.3) is 5.56 Å². The summed E-state index contributed by atoms with van der Waals surface area (Å²) in [6.45, 7) is 1.81. The molecule has 6 nitrogen and oxygen atoms in total. The molecule has 1 aromatic rings. The van der Waals surface area contributed by atoms with Gasteiger partial charge in [-0.3, -0.25) is 9.78 Å². The monoisotopic (exact) mass is 200 g/mol. The van der Waals surface area contributed by atoms with Gasteiger partial charge in [-0.05, 0) is 6.92 Å². The fourth-order valence-electron chi connectivity index (χ4n) is 0.820. The minimum absolute atomic E-state index is 0.0983. The topological polar surface area (TPSA) is 84.2 Å². The number of rotatable bonds is 4. The maximum absolute atomic E-state index is 11.1. The molecule has 0 aliphatic heterocycles. The van der Waals surface area contributed by atoms with Crippen molar-refractivity contribution in [1.29, 1.82) is 0 Å². The van der Waals surface area contributed by atoms with Gasteiger partial charge in [-0.15, -0.1) is 0 Å². The number of methoxy groups -OCH3 is 1. The van der Waals surface area contributed by atoms with Crippen LogP contribution in [-0.2, 0) is 16.1 Å². The number of nitrogens with one attached hydrogen (secondary N) is 2. The normalized spacial score (nSPS) is 12.7. The summed E-state index contributed by atoms with van der Waals surface area (Å²) in [4.78, 5) is 26.2. The summed E-state index contributed by atoms with van der Waals surface area (Å²) in [5.41, 5.74) is -0.621. The summed E-state index contributed by atoms with van der Waals surface area (Å²) in [6, 6.07) is 0. The maximum Gasteiger partial charge on any atom is 0.325 e. The van der Waals surface area contributed by atoms with Crippen molar-refractivity contribution in [3.05, 3.63) is 32.6 Å². The third-order valence-corrected chi connectivity index (χ3v) is 1.70. The summed E-state index contributed by atoms with van der Waals surface area (Å²) in [5, 5.41) is 0. The lowest BCUT2D eigenvalue weighted by atomic mass is 10.4. The van der Waals surface area contributed by atoms with Gasteiger partial charge in [0.1, 0.15) is 0 Å². The molecule has 78 valence electrons. The van der Waals surface area contributed by atoms with E-state index in [9.17, 15) is 9.59 Å². The first-order chi connectivity index (χ1) is 6.63. The molecule has 1 unspecified atom stereocenters. The Morgan fingerprint density at radius 2 is 2.21 bits per heavy atom. The molecule has 0 amide bonds. The van der Waals surface area contributed by atoms with Crippen LogP contribution in [0.25, 0.3) is 0 Å².